The van der Waals surface area contributed by atoms with E-state index in [9.17, 15) is 9.90 Å². The molecule has 0 radical (unpaired) electrons. The van der Waals surface area contributed by atoms with Crippen molar-refractivity contribution < 1.29 is 14.6 Å². The first-order valence-electron chi connectivity index (χ1n) is 12.2. The number of hydrogen-bond acceptors (Lipinski definition) is 5. The molecule has 6 heteroatoms. The van der Waals surface area contributed by atoms with E-state index in [2.05, 4.69) is 16.3 Å². The Bertz CT molecular complexity index is 1070. The lowest BCUT2D eigenvalue weighted by Crippen LogP contribution is -2.47. The number of carbonyl (C=O) groups excluding carboxylic acids is 1. The zero-order valence-corrected chi connectivity index (χ0v) is 20.2. The third-order valence-corrected chi connectivity index (χ3v) is 7.75. The van der Waals surface area contributed by atoms with Gasteiger partial charge in [-0.3, -0.25) is 9.69 Å². The van der Waals surface area contributed by atoms with Gasteiger partial charge in [-0.05, 0) is 59.9 Å². The minimum absolute atomic E-state index is 0.0930. The number of fused-ring (bicyclic) bond motifs is 1. The summed E-state index contributed by atoms with van der Waals surface area (Å²) in [4.78, 5) is 19.1. The normalized spacial score (nSPS) is 18.5. The summed E-state index contributed by atoms with van der Waals surface area (Å²) in [6.45, 7) is 2.79. The standard InChI is InChI=1S/C28H32N2O3S/c31-26(22-7-3-1-4-8-22)18-29(17-21-11-12-21)19-28(32)30-15-13-27-24(14-16-34-27)25(30)20-33-23-9-5-2-6-10-23/h1-10,14,16,21,25-26,31H,11-13,15,17-20H2. The maximum atomic E-state index is 13.6. The molecule has 178 valence electrons. The molecule has 1 amide bonds. The van der Waals surface area contributed by atoms with Crippen molar-refractivity contribution in [1.82, 2.24) is 9.80 Å². The second-order valence-electron chi connectivity index (χ2n) is 9.34. The smallest absolute Gasteiger partial charge is 0.237 e. The summed E-state index contributed by atoms with van der Waals surface area (Å²) < 4.78 is 6.11. The van der Waals surface area contributed by atoms with Crippen molar-refractivity contribution in [1.29, 1.82) is 0 Å². The zero-order chi connectivity index (χ0) is 23.3. The number of ether oxygens (including phenoxy) is 1. The molecular weight excluding hydrogens is 444 g/mol. The van der Waals surface area contributed by atoms with E-state index >= 15 is 0 Å². The van der Waals surface area contributed by atoms with Gasteiger partial charge in [0.1, 0.15) is 12.4 Å². The number of amides is 1. The van der Waals surface area contributed by atoms with E-state index in [1.165, 1.54) is 23.3 Å². The van der Waals surface area contributed by atoms with Gasteiger partial charge in [0.15, 0.2) is 0 Å². The topological polar surface area (TPSA) is 53.0 Å². The van der Waals surface area contributed by atoms with Crippen LogP contribution in [0.5, 0.6) is 5.75 Å². The van der Waals surface area contributed by atoms with Crippen LogP contribution in [0.25, 0.3) is 0 Å². The van der Waals surface area contributed by atoms with Gasteiger partial charge in [0.2, 0.25) is 5.91 Å². The van der Waals surface area contributed by atoms with Crippen LogP contribution in [-0.4, -0.2) is 53.6 Å². The Morgan fingerprint density at radius 1 is 1.09 bits per heavy atom. The Hall–Kier alpha value is -2.67. The van der Waals surface area contributed by atoms with E-state index in [0.717, 1.165) is 24.3 Å². The largest absolute Gasteiger partial charge is 0.491 e. The molecule has 2 heterocycles. The third-order valence-electron chi connectivity index (χ3n) is 6.75. The van der Waals surface area contributed by atoms with Crippen LogP contribution in [0.2, 0.25) is 0 Å². The molecule has 5 nitrogen and oxygen atoms in total. The lowest BCUT2D eigenvalue weighted by Gasteiger charge is -2.37. The van der Waals surface area contributed by atoms with Gasteiger partial charge in [0.05, 0.1) is 18.7 Å². The molecule has 1 fully saturated rings. The number of rotatable bonds is 10. The van der Waals surface area contributed by atoms with Crippen molar-refractivity contribution in [3.63, 3.8) is 0 Å². The van der Waals surface area contributed by atoms with Crippen LogP contribution in [0.3, 0.4) is 0 Å². The summed E-state index contributed by atoms with van der Waals surface area (Å²) >= 11 is 1.76. The Morgan fingerprint density at radius 3 is 2.56 bits per heavy atom. The van der Waals surface area contributed by atoms with Gasteiger partial charge in [-0.15, -0.1) is 11.3 Å². The molecule has 0 bridgehead atoms. The highest BCUT2D eigenvalue weighted by atomic mass is 32.1. The molecule has 2 unspecified atom stereocenters. The number of para-hydroxylation sites is 1. The number of hydrogen-bond donors (Lipinski definition) is 1. The van der Waals surface area contributed by atoms with E-state index in [4.69, 9.17) is 4.74 Å². The molecule has 0 spiro atoms. The van der Waals surface area contributed by atoms with Crippen molar-refractivity contribution in [3.8, 4) is 5.75 Å². The zero-order valence-electron chi connectivity index (χ0n) is 19.4. The van der Waals surface area contributed by atoms with Gasteiger partial charge in [0, 0.05) is 24.5 Å². The lowest BCUT2D eigenvalue weighted by atomic mass is 10.00. The predicted octanol–water partition coefficient (Wildman–Crippen LogP) is 4.70. The van der Waals surface area contributed by atoms with Crippen LogP contribution in [0.4, 0.5) is 0 Å². The lowest BCUT2D eigenvalue weighted by molar-refractivity contribution is -0.136. The van der Waals surface area contributed by atoms with Gasteiger partial charge < -0.3 is 14.7 Å². The Labute approximate surface area is 205 Å². The van der Waals surface area contributed by atoms with Crippen LogP contribution in [0, 0.1) is 5.92 Å². The maximum Gasteiger partial charge on any atom is 0.237 e. The Kier molecular flexibility index (Phi) is 7.28. The van der Waals surface area contributed by atoms with Crippen molar-refractivity contribution in [3.05, 3.63) is 88.1 Å². The summed E-state index contributed by atoms with van der Waals surface area (Å²) in [6, 6.07) is 21.6. The highest BCUT2D eigenvalue weighted by Gasteiger charge is 2.34. The number of aliphatic hydroxyl groups excluding tert-OH is 1. The molecule has 1 aliphatic heterocycles. The van der Waals surface area contributed by atoms with Crippen LogP contribution in [-0.2, 0) is 11.2 Å². The molecule has 1 aromatic heterocycles. The second-order valence-corrected chi connectivity index (χ2v) is 10.3. The first kappa shape index (κ1) is 23.1. The monoisotopic (exact) mass is 476 g/mol. The van der Waals surface area contributed by atoms with Gasteiger partial charge in [-0.25, -0.2) is 0 Å². The molecule has 0 saturated heterocycles. The van der Waals surface area contributed by atoms with Gasteiger partial charge >= 0.3 is 0 Å². The SMILES string of the molecule is O=C(CN(CC1CC1)CC(O)c1ccccc1)N1CCc2sccc2C1COc1ccccc1. The average Bonchev–Trinajstić information content (AvgIpc) is 3.55. The fraction of sp³-hybridized carbons (Fsp3) is 0.393. The first-order valence-corrected chi connectivity index (χ1v) is 13.0. The van der Waals surface area contributed by atoms with Crippen LogP contribution >= 0.6 is 11.3 Å². The number of aliphatic hydroxyl groups is 1. The summed E-state index contributed by atoms with van der Waals surface area (Å²) in [5.74, 6) is 1.57. The Balaban J connectivity index is 1.29. The minimum Gasteiger partial charge on any atom is -0.491 e. The maximum absolute atomic E-state index is 13.6. The van der Waals surface area contributed by atoms with Crippen molar-refractivity contribution in [2.24, 2.45) is 5.92 Å². The van der Waals surface area contributed by atoms with Crippen molar-refractivity contribution in [2.75, 3.05) is 32.8 Å². The fourth-order valence-electron chi connectivity index (χ4n) is 4.74. The average molecular weight is 477 g/mol. The van der Waals surface area contributed by atoms with Gasteiger partial charge in [0.25, 0.3) is 0 Å². The summed E-state index contributed by atoms with van der Waals surface area (Å²) in [7, 11) is 0. The van der Waals surface area contributed by atoms with Crippen molar-refractivity contribution >= 4 is 17.2 Å². The predicted molar refractivity (Wildman–Crippen MR) is 135 cm³/mol. The molecular formula is C28H32N2O3S. The number of thiophene rings is 1. The quantitative estimate of drug-likeness (QED) is 0.461. The highest BCUT2D eigenvalue weighted by molar-refractivity contribution is 7.10. The van der Waals surface area contributed by atoms with Crippen LogP contribution in [0.1, 0.15) is 41.0 Å². The number of carbonyl (C=O) groups is 1. The number of nitrogens with zero attached hydrogens (tertiary/aromatic N) is 2. The molecule has 1 saturated carbocycles. The second kappa shape index (κ2) is 10.7. The van der Waals surface area contributed by atoms with E-state index in [0.29, 0.717) is 32.2 Å². The molecule has 1 aliphatic carbocycles. The molecule has 3 aromatic rings. The van der Waals surface area contributed by atoms with Crippen LogP contribution < -0.4 is 4.74 Å². The Morgan fingerprint density at radius 2 is 1.82 bits per heavy atom. The molecule has 2 aromatic carbocycles. The van der Waals surface area contributed by atoms with E-state index in [1.54, 1.807) is 11.3 Å². The molecule has 2 aliphatic rings. The molecule has 5 rings (SSSR count). The van der Waals surface area contributed by atoms with E-state index < -0.39 is 6.10 Å². The summed E-state index contributed by atoms with van der Waals surface area (Å²) in [5, 5.41) is 12.9. The van der Waals surface area contributed by atoms with E-state index in [1.807, 2.05) is 65.6 Å². The van der Waals surface area contributed by atoms with Gasteiger partial charge in [-0.1, -0.05) is 48.5 Å². The van der Waals surface area contributed by atoms with Gasteiger partial charge in [-0.2, -0.15) is 0 Å². The summed E-state index contributed by atoms with van der Waals surface area (Å²) in [5.41, 5.74) is 2.10. The van der Waals surface area contributed by atoms with Crippen LogP contribution in [0.15, 0.2) is 72.1 Å². The summed E-state index contributed by atoms with van der Waals surface area (Å²) in [6.07, 6.45) is 2.70. The molecule has 1 N–H and O–H groups in total. The van der Waals surface area contributed by atoms with Crippen molar-refractivity contribution in [2.45, 2.75) is 31.4 Å². The number of benzene rings is 2. The highest BCUT2D eigenvalue weighted by Crippen LogP contribution is 2.35. The minimum atomic E-state index is -0.602. The molecule has 2 atom stereocenters. The third kappa shape index (κ3) is 5.69. The first-order chi connectivity index (χ1) is 16.7. The van der Waals surface area contributed by atoms with E-state index in [-0.39, 0.29) is 11.9 Å². The fourth-order valence-corrected chi connectivity index (χ4v) is 5.67. The molecule has 34 heavy (non-hydrogen) atoms.